The Bertz CT molecular complexity index is 514. The maximum Gasteiger partial charge on any atom is 0.407 e. The average molecular weight is 392 g/mol. The maximum atomic E-state index is 11.8. The number of nitrogens with two attached hydrogens (primary N) is 1. The van der Waals surface area contributed by atoms with Gasteiger partial charge in [0.1, 0.15) is 31.8 Å². The number of hydrogen-bond donors (Lipinski definition) is 4. The van der Waals surface area contributed by atoms with E-state index in [1.54, 1.807) is 20.8 Å². The summed E-state index contributed by atoms with van der Waals surface area (Å²) in [5.41, 5.74) is 3.63. The van der Waals surface area contributed by atoms with Gasteiger partial charge in [0, 0.05) is 19.6 Å². The van der Waals surface area contributed by atoms with Crippen molar-refractivity contribution in [2.45, 2.75) is 26.8 Å². The third kappa shape index (κ3) is 11.3. The first kappa shape index (κ1) is 24.1. The molecule has 0 saturated carbocycles. The molecular formula is C15H28N4O8. The van der Waals surface area contributed by atoms with Crippen LogP contribution in [0.3, 0.4) is 0 Å². The summed E-state index contributed by atoms with van der Waals surface area (Å²) in [5, 5.41) is 7.17. The number of carbonyl (C=O) groups is 4. The van der Waals surface area contributed by atoms with E-state index in [-0.39, 0.29) is 25.9 Å². The van der Waals surface area contributed by atoms with Gasteiger partial charge in [0.2, 0.25) is 0 Å². The Balaban J connectivity index is 5.26. The zero-order chi connectivity index (χ0) is 20.9. The third-order valence-corrected chi connectivity index (χ3v) is 2.98. The van der Waals surface area contributed by atoms with Crippen LogP contribution in [0.4, 0.5) is 19.2 Å². The maximum absolute atomic E-state index is 11.8. The molecule has 27 heavy (non-hydrogen) atoms. The fourth-order valence-electron chi connectivity index (χ4n) is 1.68. The lowest BCUT2D eigenvalue weighted by molar-refractivity contribution is -0.0475. The molecule has 1 unspecified atom stereocenters. The smallest absolute Gasteiger partial charge is 0.407 e. The third-order valence-electron chi connectivity index (χ3n) is 2.98. The van der Waals surface area contributed by atoms with Crippen LogP contribution in [0, 0.1) is 5.41 Å². The minimum atomic E-state index is -1.36. The largest absolute Gasteiger partial charge is 0.449 e. The molecule has 12 heteroatoms. The number of ether oxygens (including phenoxy) is 4. The van der Waals surface area contributed by atoms with Crippen LogP contribution >= 0.6 is 0 Å². The molecule has 156 valence electrons. The summed E-state index contributed by atoms with van der Waals surface area (Å²) < 4.78 is 19.9. The van der Waals surface area contributed by atoms with E-state index in [2.05, 4.69) is 16.0 Å². The Labute approximate surface area is 157 Å². The number of amides is 4. The Morgan fingerprint density at radius 3 is 1.81 bits per heavy atom. The second kappa shape index (κ2) is 12.4. The first-order valence-corrected chi connectivity index (χ1v) is 8.24. The summed E-state index contributed by atoms with van der Waals surface area (Å²) in [6.07, 6.45) is -3.36. The molecule has 0 bridgehead atoms. The van der Waals surface area contributed by atoms with Crippen molar-refractivity contribution in [1.29, 1.82) is 0 Å². The van der Waals surface area contributed by atoms with Crippen LogP contribution in [0.15, 0.2) is 0 Å². The van der Waals surface area contributed by atoms with Crippen molar-refractivity contribution < 1.29 is 38.1 Å². The van der Waals surface area contributed by atoms with Gasteiger partial charge in [-0.1, -0.05) is 0 Å². The van der Waals surface area contributed by atoms with Crippen molar-refractivity contribution in [1.82, 2.24) is 16.0 Å². The van der Waals surface area contributed by atoms with Gasteiger partial charge in [0.25, 0.3) is 0 Å². The van der Waals surface area contributed by atoms with E-state index in [1.165, 1.54) is 7.05 Å². The van der Waals surface area contributed by atoms with E-state index in [0.29, 0.717) is 6.54 Å². The van der Waals surface area contributed by atoms with Gasteiger partial charge in [0.05, 0.1) is 0 Å². The van der Waals surface area contributed by atoms with Crippen LogP contribution in [-0.4, -0.2) is 70.4 Å². The van der Waals surface area contributed by atoms with Crippen LogP contribution in [0.1, 0.15) is 20.8 Å². The number of primary amides is 1. The number of alkyl carbamates (subject to hydrolysis) is 3. The lowest BCUT2D eigenvalue weighted by atomic mass is 9.92. The summed E-state index contributed by atoms with van der Waals surface area (Å²) in [6.45, 7) is 3.93. The van der Waals surface area contributed by atoms with Gasteiger partial charge in [-0.25, -0.2) is 19.2 Å². The second-order valence-electron chi connectivity index (χ2n) is 5.92. The first-order chi connectivity index (χ1) is 12.6. The normalized spacial score (nSPS) is 12.3. The highest BCUT2D eigenvalue weighted by atomic mass is 16.6. The summed E-state index contributed by atoms with van der Waals surface area (Å²) in [7, 11) is 1.35. The second-order valence-corrected chi connectivity index (χ2v) is 5.92. The molecule has 0 spiro atoms. The van der Waals surface area contributed by atoms with Gasteiger partial charge in [-0.3, -0.25) is 0 Å². The zero-order valence-electron chi connectivity index (χ0n) is 16.0. The predicted molar refractivity (Wildman–Crippen MR) is 93.0 cm³/mol. The van der Waals surface area contributed by atoms with Crippen molar-refractivity contribution in [3.8, 4) is 0 Å². The number of rotatable bonds is 10. The monoisotopic (exact) mass is 392 g/mol. The van der Waals surface area contributed by atoms with Crippen LogP contribution in [0.2, 0.25) is 0 Å². The fraction of sp³-hybridized carbons (Fsp3) is 0.733. The van der Waals surface area contributed by atoms with Crippen LogP contribution in [-0.2, 0) is 18.9 Å². The van der Waals surface area contributed by atoms with Gasteiger partial charge in [-0.2, -0.15) is 0 Å². The summed E-state index contributed by atoms with van der Waals surface area (Å²) in [4.78, 5) is 45.8. The number of hydrogen-bond acceptors (Lipinski definition) is 8. The Morgan fingerprint density at radius 1 is 0.889 bits per heavy atom. The molecule has 0 rings (SSSR count). The molecule has 0 aromatic rings. The molecule has 0 aliphatic heterocycles. The van der Waals surface area contributed by atoms with Gasteiger partial charge >= 0.3 is 24.4 Å². The van der Waals surface area contributed by atoms with E-state index in [0.717, 1.165) is 0 Å². The predicted octanol–water partition coefficient (Wildman–Crippen LogP) is 0.305. The Hall–Kier alpha value is -2.92. The SMILES string of the molecule is CCNC(=O)OCC(COC(N)=O)(COC(=O)NC)COC(=O)NC(C)C. The topological polar surface area (TPSA) is 167 Å². The van der Waals surface area contributed by atoms with Crippen molar-refractivity contribution in [2.75, 3.05) is 40.0 Å². The van der Waals surface area contributed by atoms with Crippen molar-refractivity contribution in [2.24, 2.45) is 11.1 Å². The van der Waals surface area contributed by atoms with E-state index < -0.39 is 36.4 Å². The molecular weight excluding hydrogens is 364 g/mol. The molecule has 5 N–H and O–H groups in total. The fourth-order valence-corrected chi connectivity index (χ4v) is 1.68. The van der Waals surface area contributed by atoms with Crippen molar-refractivity contribution in [3.63, 3.8) is 0 Å². The molecule has 0 heterocycles. The molecule has 1 atom stereocenters. The molecule has 0 radical (unpaired) electrons. The van der Waals surface area contributed by atoms with Gasteiger partial charge in [-0.05, 0) is 20.8 Å². The van der Waals surface area contributed by atoms with Gasteiger partial charge in [-0.15, -0.1) is 0 Å². The highest BCUT2D eigenvalue weighted by Gasteiger charge is 2.38. The minimum absolute atomic E-state index is 0.178. The lowest BCUT2D eigenvalue weighted by Gasteiger charge is -2.31. The summed E-state index contributed by atoms with van der Waals surface area (Å²) >= 11 is 0. The first-order valence-electron chi connectivity index (χ1n) is 8.24. The molecule has 0 aliphatic carbocycles. The molecule has 0 aromatic carbocycles. The minimum Gasteiger partial charge on any atom is -0.449 e. The number of carbonyl (C=O) groups excluding carboxylic acids is 4. The van der Waals surface area contributed by atoms with E-state index >= 15 is 0 Å². The van der Waals surface area contributed by atoms with Crippen molar-refractivity contribution in [3.05, 3.63) is 0 Å². The number of nitrogens with one attached hydrogen (secondary N) is 3. The average Bonchev–Trinajstić information content (AvgIpc) is 2.59. The zero-order valence-corrected chi connectivity index (χ0v) is 16.0. The van der Waals surface area contributed by atoms with Gasteiger partial charge < -0.3 is 40.6 Å². The summed E-state index contributed by atoms with van der Waals surface area (Å²) in [5.74, 6) is 0. The standard InChI is InChI=1S/C15H28N4O8/c1-5-18-13(22)26-8-15(6-24-11(16)20,7-25-12(21)17-4)9-27-14(23)19-10(2)3/h10H,5-9H2,1-4H3,(H2,16,20)(H,17,21)(H,18,22)(H,19,23). The molecule has 0 aliphatic rings. The Kier molecular flexibility index (Phi) is 11.1. The molecule has 0 saturated heterocycles. The summed E-state index contributed by atoms with van der Waals surface area (Å²) in [6, 6.07) is -0.178. The van der Waals surface area contributed by atoms with E-state index in [1.807, 2.05) is 0 Å². The molecule has 0 aromatic heterocycles. The lowest BCUT2D eigenvalue weighted by Crippen LogP contribution is -2.46. The Morgan fingerprint density at radius 2 is 1.37 bits per heavy atom. The quantitative estimate of drug-likeness (QED) is 0.385. The molecule has 4 amide bonds. The van der Waals surface area contributed by atoms with E-state index in [4.69, 9.17) is 24.7 Å². The highest BCUT2D eigenvalue weighted by molar-refractivity contribution is 5.68. The van der Waals surface area contributed by atoms with Gasteiger partial charge in [0.15, 0.2) is 0 Å². The van der Waals surface area contributed by atoms with Crippen LogP contribution in [0.25, 0.3) is 0 Å². The van der Waals surface area contributed by atoms with Crippen LogP contribution in [0.5, 0.6) is 0 Å². The van der Waals surface area contributed by atoms with Crippen molar-refractivity contribution >= 4 is 24.4 Å². The van der Waals surface area contributed by atoms with E-state index in [9.17, 15) is 19.2 Å². The highest BCUT2D eigenvalue weighted by Crippen LogP contribution is 2.21. The molecule has 12 nitrogen and oxygen atoms in total. The van der Waals surface area contributed by atoms with Crippen LogP contribution < -0.4 is 21.7 Å². The molecule has 0 fully saturated rings.